The zero-order valence-electron chi connectivity index (χ0n) is 14.4. The lowest BCUT2D eigenvalue weighted by Gasteiger charge is -2.31. The van der Waals surface area contributed by atoms with E-state index in [0.717, 1.165) is 38.1 Å². The minimum atomic E-state index is -4.75. The number of alkyl halides is 3. The summed E-state index contributed by atoms with van der Waals surface area (Å²) in [4.78, 5) is 22.7. The van der Waals surface area contributed by atoms with Crippen molar-refractivity contribution in [3.05, 3.63) is 48.3 Å². The number of carbonyl (C=O) groups is 1. The van der Waals surface area contributed by atoms with E-state index >= 15 is 0 Å². The van der Waals surface area contributed by atoms with Crippen molar-refractivity contribution >= 4 is 11.9 Å². The molecule has 0 saturated carbocycles. The summed E-state index contributed by atoms with van der Waals surface area (Å²) in [7, 11) is 0. The zero-order chi connectivity index (χ0) is 19.3. The molecule has 1 aromatic carbocycles. The molecule has 6 nitrogen and oxygen atoms in total. The summed E-state index contributed by atoms with van der Waals surface area (Å²) in [6.07, 6.45) is 0.469. The van der Waals surface area contributed by atoms with Gasteiger partial charge in [0.15, 0.2) is 0 Å². The summed E-state index contributed by atoms with van der Waals surface area (Å²) in [5.41, 5.74) is 0.291. The van der Waals surface area contributed by atoms with Crippen LogP contribution >= 0.6 is 0 Å². The van der Waals surface area contributed by atoms with Crippen molar-refractivity contribution in [3.63, 3.8) is 0 Å². The fraction of sp³-hybridized carbons (Fsp3) is 0.389. The first-order valence-electron chi connectivity index (χ1n) is 8.57. The second-order valence-electron chi connectivity index (χ2n) is 6.26. The number of nitrogens with zero attached hydrogens (tertiary/aromatic N) is 3. The van der Waals surface area contributed by atoms with Gasteiger partial charge in [0.1, 0.15) is 5.75 Å². The standard InChI is InChI=1S/C18H19F3N4O2/c19-18(20,21)27-15-4-2-14(3-5-15)16(26)24-12-13-6-10-25(11-7-13)17-22-8-1-9-23-17/h1-5,8-9,13H,6-7,10-12H2,(H,24,26). The molecule has 1 aliphatic rings. The Hall–Kier alpha value is -2.84. The van der Waals surface area contributed by atoms with Crippen molar-refractivity contribution in [2.45, 2.75) is 19.2 Å². The lowest BCUT2D eigenvalue weighted by atomic mass is 9.97. The predicted molar refractivity (Wildman–Crippen MR) is 92.4 cm³/mol. The third-order valence-corrected chi connectivity index (χ3v) is 4.35. The van der Waals surface area contributed by atoms with Gasteiger partial charge in [0, 0.05) is 37.6 Å². The van der Waals surface area contributed by atoms with Crippen LogP contribution in [0.2, 0.25) is 0 Å². The van der Waals surface area contributed by atoms with Crippen LogP contribution in [0.3, 0.4) is 0 Å². The van der Waals surface area contributed by atoms with Crippen LogP contribution in [-0.4, -0.2) is 41.9 Å². The molecule has 144 valence electrons. The average molecular weight is 380 g/mol. The van der Waals surface area contributed by atoms with E-state index in [9.17, 15) is 18.0 Å². The summed E-state index contributed by atoms with van der Waals surface area (Å²) in [6.45, 7) is 2.14. The second kappa shape index (κ2) is 8.24. The van der Waals surface area contributed by atoms with Gasteiger partial charge in [-0.15, -0.1) is 13.2 Å². The number of piperidine rings is 1. The maximum absolute atomic E-state index is 12.2. The van der Waals surface area contributed by atoms with E-state index in [1.807, 2.05) is 0 Å². The number of hydrogen-bond acceptors (Lipinski definition) is 5. The van der Waals surface area contributed by atoms with E-state index in [0.29, 0.717) is 24.0 Å². The van der Waals surface area contributed by atoms with E-state index in [-0.39, 0.29) is 11.7 Å². The molecule has 1 saturated heterocycles. The van der Waals surface area contributed by atoms with Gasteiger partial charge in [0.2, 0.25) is 5.95 Å². The predicted octanol–water partition coefficient (Wildman–Crippen LogP) is 3.02. The molecule has 9 heteroatoms. The Morgan fingerprint density at radius 1 is 1.15 bits per heavy atom. The van der Waals surface area contributed by atoms with Crippen LogP contribution in [0, 0.1) is 5.92 Å². The molecule has 0 aliphatic carbocycles. The number of carbonyl (C=O) groups excluding carboxylic acids is 1. The van der Waals surface area contributed by atoms with Crippen LogP contribution in [0.15, 0.2) is 42.7 Å². The Bertz CT molecular complexity index is 745. The van der Waals surface area contributed by atoms with Crippen LogP contribution in [0.1, 0.15) is 23.2 Å². The number of hydrogen-bond donors (Lipinski definition) is 1. The fourth-order valence-electron chi connectivity index (χ4n) is 2.94. The number of anilines is 1. The number of halogens is 3. The molecular formula is C18H19F3N4O2. The molecule has 1 aromatic heterocycles. The summed E-state index contributed by atoms with van der Waals surface area (Å²) in [5.74, 6) is 0.375. The molecule has 1 N–H and O–H groups in total. The number of benzene rings is 1. The van der Waals surface area contributed by atoms with Crippen LogP contribution in [0.4, 0.5) is 19.1 Å². The Balaban J connectivity index is 1.44. The first kappa shape index (κ1) is 18.9. The second-order valence-corrected chi connectivity index (χ2v) is 6.26. The third kappa shape index (κ3) is 5.57. The Morgan fingerprint density at radius 3 is 2.37 bits per heavy atom. The fourth-order valence-corrected chi connectivity index (χ4v) is 2.94. The van der Waals surface area contributed by atoms with Crippen molar-refractivity contribution in [2.75, 3.05) is 24.5 Å². The van der Waals surface area contributed by atoms with Crippen molar-refractivity contribution < 1.29 is 22.7 Å². The van der Waals surface area contributed by atoms with Gasteiger partial charge in [-0.25, -0.2) is 9.97 Å². The van der Waals surface area contributed by atoms with Crippen LogP contribution in [0.5, 0.6) is 5.75 Å². The highest BCUT2D eigenvalue weighted by Gasteiger charge is 2.31. The van der Waals surface area contributed by atoms with Crippen LogP contribution in [-0.2, 0) is 0 Å². The maximum atomic E-state index is 12.2. The molecule has 3 rings (SSSR count). The van der Waals surface area contributed by atoms with Gasteiger partial charge in [-0.3, -0.25) is 4.79 Å². The highest BCUT2D eigenvalue weighted by molar-refractivity contribution is 5.94. The van der Waals surface area contributed by atoms with Gasteiger partial charge >= 0.3 is 6.36 Å². The Kier molecular flexibility index (Phi) is 5.78. The minimum Gasteiger partial charge on any atom is -0.406 e. The monoisotopic (exact) mass is 380 g/mol. The molecule has 27 heavy (non-hydrogen) atoms. The van der Waals surface area contributed by atoms with Gasteiger partial charge in [-0.1, -0.05) is 0 Å². The smallest absolute Gasteiger partial charge is 0.406 e. The maximum Gasteiger partial charge on any atom is 0.573 e. The number of nitrogens with one attached hydrogen (secondary N) is 1. The molecule has 0 atom stereocenters. The number of rotatable bonds is 5. The summed E-state index contributed by atoms with van der Waals surface area (Å²) in [5, 5.41) is 2.84. The largest absolute Gasteiger partial charge is 0.573 e. The van der Waals surface area contributed by atoms with Gasteiger partial charge in [0.05, 0.1) is 0 Å². The van der Waals surface area contributed by atoms with Crippen LogP contribution < -0.4 is 15.0 Å². The lowest BCUT2D eigenvalue weighted by Crippen LogP contribution is -2.39. The molecule has 1 fully saturated rings. The third-order valence-electron chi connectivity index (χ3n) is 4.35. The molecule has 0 unspecified atom stereocenters. The topological polar surface area (TPSA) is 67.4 Å². The Labute approximate surface area is 154 Å². The van der Waals surface area contributed by atoms with Gasteiger partial charge < -0.3 is 15.0 Å². The first-order valence-corrected chi connectivity index (χ1v) is 8.57. The molecule has 1 amide bonds. The van der Waals surface area contributed by atoms with E-state index < -0.39 is 6.36 Å². The minimum absolute atomic E-state index is 0.291. The van der Waals surface area contributed by atoms with Gasteiger partial charge in [0.25, 0.3) is 5.91 Å². The normalized spacial score (nSPS) is 15.4. The van der Waals surface area contributed by atoms with Crippen molar-refractivity contribution in [2.24, 2.45) is 5.92 Å². The summed E-state index contributed by atoms with van der Waals surface area (Å²) < 4.78 is 40.2. The molecule has 0 spiro atoms. The van der Waals surface area contributed by atoms with E-state index in [4.69, 9.17) is 0 Å². The molecule has 2 heterocycles. The number of ether oxygens (including phenoxy) is 1. The molecule has 2 aromatic rings. The Morgan fingerprint density at radius 2 is 1.78 bits per heavy atom. The van der Waals surface area contributed by atoms with Crippen LogP contribution in [0.25, 0.3) is 0 Å². The number of aromatic nitrogens is 2. The quantitative estimate of drug-likeness (QED) is 0.864. The molecule has 0 bridgehead atoms. The molecule has 1 aliphatic heterocycles. The molecule has 0 radical (unpaired) electrons. The van der Waals surface area contributed by atoms with Crippen molar-refractivity contribution in [1.82, 2.24) is 15.3 Å². The van der Waals surface area contributed by atoms with E-state index in [1.165, 1.54) is 12.1 Å². The highest BCUT2D eigenvalue weighted by Crippen LogP contribution is 2.23. The molecular weight excluding hydrogens is 361 g/mol. The summed E-state index contributed by atoms with van der Waals surface area (Å²) >= 11 is 0. The SMILES string of the molecule is O=C(NCC1CCN(c2ncccn2)CC1)c1ccc(OC(F)(F)F)cc1. The summed E-state index contributed by atoms with van der Waals surface area (Å²) in [6, 6.07) is 6.65. The highest BCUT2D eigenvalue weighted by atomic mass is 19.4. The van der Waals surface area contributed by atoms with Gasteiger partial charge in [-0.05, 0) is 49.1 Å². The average Bonchev–Trinajstić information content (AvgIpc) is 2.66. The zero-order valence-corrected chi connectivity index (χ0v) is 14.4. The van der Waals surface area contributed by atoms with Crippen molar-refractivity contribution in [1.29, 1.82) is 0 Å². The lowest BCUT2D eigenvalue weighted by molar-refractivity contribution is -0.274. The van der Waals surface area contributed by atoms with Gasteiger partial charge in [-0.2, -0.15) is 0 Å². The van der Waals surface area contributed by atoms with Crippen molar-refractivity contribution in [3.8, 4) is 5.75 Å². The number of amides is 1. The van der Waals surface area contributed by atoms with E-state index in [1.54, 1.807) is 18.5 Å². The van der Waals surface area contributed by atoms with E-state index in [2.05, 4.69) is 24.9 Å². The first-order chi connectivity index (χ1) is 12.9.